The summed E-state index contributed by atoms with van der Waals surface area (Å²) in [6.45, 7) is 2.03. The molecule has 0 fully saturated rings. The van der Waals surface area contributed by atoms with Crippen LogP contribution in [0, 0.1) is 0 Å². The molecule has 1 heterocycles. The first-order chi connectivity index (χ1) is 13.6. The van der Waals surface area contributed by atoms with Crippen molar-refractivity contribution >= 4 is 17.4 Å². The van der Waals surface area contributed by atoms with Crippen molar-refractivity contribution in [3.63, 3.8) is 0 Å². The Morgan fingerprint density at radius 1 is 1.00 bits per heavy atom. The second kappa shape index (κ2) is 8.85. The van der Waals surface area contributed by atoms with Gasteiger partial charge < -0.3 is 20.1 Å². The summed E-state index contributed by atoms with van der Waals surface area (Å²) in [7, 11) is 3.10. The number of hydrogen-bond donors (Lipinski definition) is 2. The number of ether oxygens (including phenoxy) is 2. The maximum Gasteiger partial charge on any atom is 0.274 e. The first-order valence-electron chi connectivity index (χ1n) is 8.77. The van der Waals surface area contributed by atoms with Crippen LogP contribution in [0.15, 0.2) is 60.9 Å². The van der Waals surface area contributed by atoms with Crippen molar-refractivity contribution in [2.24, 2.45) is 0 Å². The van der Waals surface area contributed by atoms with Gasteiger partial charge in [0.15, 0.2) is 0 Å². The van der Waals surface area contributed by atoms with Crippen LogP contribution in [0.2, 0.25) is 0 Å². The van der Waals surface area contributed by atoms with Crippen molar-refractivity contribution in [3.05, 3.63) is 72.2 Å². The second-order valence-corrected chi connectivity index (χ2v) is 6.09. The van der Waals surface area contributed by atoms with Gasteiger partial charge >= 0.3 is 0 Å². The van der Waals surface area contributed by atoms with Crippen LogP contribution in [0.3, 0.4) is 0 Å². The minimum atomic E-state index is -0.360. The second-order valence-electron chi connectivity index (χ2n) is 6.09. The number of amides is 1. The Labute approximate surface area is 163 Å². The average molecular weight is 378 g/mol. The SMILES string of the molecule is COc1ccc(NC(=O)c2cc(NC(C)c3ccccc3)ncn2)c(OC)c1. The van der Waals surface area contributed by atoms with Crippen LogP contribution in [0.5, 0.6) is 11.5 Å². The van der Waals surface area contributed by atoms with Crippen molar-refractivity contribution in [1.29, 1.82) is 0 Å². The van der Waals surface area contributed by atoms with Gasteiger partial charge in [-0.1, -0.05) is 30.3 Å². The van der Waals surface area contributed by atoms with E-state index in [0.29, 0.717) is 23.0 Å². The fourth-order valence-corrected chi connectivity index (χ4v) is 2.70. The first-order valence-corrected chi connectivity index (χ1v) is 8.77. The third-order valence-corrected chi connectivity index (χ3v) is 4.22. The number of hydrogen-bond acceptors (Lipinski definition) is 6. The van der Waals surface area contributed by atoms with Gasteiger partial charge in [-0.15, -0.1) is 0 Å². The highest BCUT2D eigenvalue weighted by molar-refractivity contribution is 6.04. The lowest BCUT2D eigenvalue weighted by Crippen LogP contribution is -2.16. The van der Waals surface area contributed by atoms with E-state index in [1.807, 2.05) is 37.3 Å². The molecular weight excluding hydrogens is 356 g/mol. The number of methoxy groups -OCH3 is 2. The zero-order valence-electron chi connectivity index (χ0n) is 16.0. The highest BCUT2D eigenvalue weighted by atomic mass is 16.5. The number of aromatic nitrogens is 2. The summed E-state index contributed by atoms with van der Waals surface area (Å²) in [5.41, 5.74) is 1.89. The van der Waals surface area contributed by atoms with Gasteiger partial charge in [-0.2, -0.15) is 0 Å². The summed E-state index contributed by atoms with van der Waals surface area (Å²) in [5.74, 6) is 1.34. The van der Waals surface area contributed by atoms with Gasteiger partial charge in [0.1, 0.15) is 29.3 Å². The minimum absolute atomic E-state index is 0.0358. The molecular formula is C21H22N4O3. The molecule has 7 nitrogen and oxygen atoms in total. The molecule has 0 aliphatic heterocycles. The summed E-state index contributed by atoms with van der Waals surface area (Å²) >= 11 is 0. The molecule has 144 valence electrons. The lowest BCUT2D eigenvalue weighted by Gasteiger charge is -2.15. The largest absolute Gasteiger partial charge is 0.497 e. The molecule has 0 radical (unpaired) electrons. The van der Waals surface area contributed by atoms with Crippen molar-refractivity contribution in [2.75, 3.05) is 24.9 Å². The van der Waals surface area contributed by atoms with Gasteiger partial charge in [-0.05, 0) is 24.6 Å². The molecule has 3 rings (SSSR count). The number of carbonyl (C=O) groups is 1. The lowest BCUT2D eigenvalue weighted by molar-refractivity contribution is 0.102. The average Bonchev–Trinajstić information content (AvgIpc) is 2.74. The Morgan fingerprint density at radius 2 is 1.79 bits per heavy atom. The normalized spacial score (nSPS) is 11.4. The molecule has 0 saturated heterocycles. The molecule has 1 aromatic heterocycles. The van der Waals surface area contributed by atoms with Crippen LogP contribution < -0.4 is 20.1 Å². The van der Waals surface area contributed by atoms with E-state index in [9.17, 15) is 4.79 Å². The Kier molecular flexibility index (Phi) is 6.06. The summed E-state index contributed by atoms with van der Waals surface area (Å²) in [5, 5.41) is 6.09. The molecule has 3 aromatic rings. The quantitative estimate of drug-likeness (QED) is 0.648. The minimum Gasteiger partial charge on any atom is -0.497 e. The molecule has 28 heavy (non-hydrogen) atoms. The maximum absolute atomic E-state index is 12.6. The molecule has 0 saturated carbocycles. The van der Waals surface area contributed by atoms with Crippen LogP contribution >= 0.6 is 0 Å². The van der Waals surface area contributed by atoms with Gasteiger partial charge in [-0.3, -0.25) is 4.79 Å². The number of nitrogens with zero attached hydrogens (tertiary/aromatic N) is 2. The molecule has 2 aromatic carbocycles. The third-order valence-electron chi connectivity index (χ3n) is 4.22. The summed E-state index contributed by atoms with van der Waals surface area (Å²) in [4.78, 5) is 20.9. The molecule has 0 aliphatic rings. The van der Waals surface area contributed by atoms with E-state index in [-0.39, 0.29) is 17.6 Å². The topological polar surface area (TPSA) is 85.4 Å². The van der Waals surface area contributed by atoms with E-state index in [2.05, 4.69) is 20.6 Å². The Morgan fingerprint density at radius 3 is 2.50 bits per heavy atom. The third kappa shape index (κ3) is 4.56. The number of nitrogens with one attached hydrogen (secondary N) is 2. The van der Waals surface area contributed by atoms with Crippen molar-refractivity contribution in [3.8, 4) is 11.5 Å². The van der Waals surface area contributed by atoms with Crippen LogP contribution in [0.25, 0.3) is 0 Å². The van der Waals surface area contributed by atoms with E-state index in [0.717, 1.165) is 5.56 Å². The van der Waals surface area contributed by atoms with E-state index in [1.165, 1.54) is 13.4 Å². The highest BCUT2D eigenvalue weighted by Gasteiger charge is 2.14. The molecule has 1 unspecified atom stereocenters. The summed E-state index contributed by atoms with van der Waals surface area (Å²) in [6, 6.07) is 16.8. The molecule has 1 atom stereocenters. The van der Waals surface area contributed by atoms with Crippen LogP contribution in [-0.2, 0) is 0 Å². The molecule has 2 N–H and O–H groups in total. The van der Waals surface area contributed by atoms with Gasteiger partial charge in [0, 0.05) is 18.2 Å². The van der Waals surface area contributed by atoms with E-state index in [1.54, 1.807) is 31.4 Å². The molecule has 0 aliphatic carbocycles. The van der Waals surface area contributed by atoms with E-state index >= 15 is 0 Å². The van der Waals surface area contributed by atoms with Crippen LogP contribution in [0.4, 0.5) is 11.5 Å². The monoisotopic (exact) mass is 378 g/mol. The lowest BCUT2D eigenvalue weighted by atomic mass is 10.1. The summed E-state index contributed by atoms with van der Waals surface area (Å²) < 4.78 is 10.5. The van der Waals surface area contributed by atoms with E-state index in [4.69, 9.17) is 9.47 Å². The number of rotatable bonds is 7. The van der Waals surface area contributed by atoms with Gasteiger partial charge in [0.2, 0.25) is 0 Å². The standard InChI is InChI=1S/C21H22N4O3/c1-14(15-7-5-4-6-8-15)24-20-12-18(22-13-23-20)21(26)25-17-10-9-16(27-2)11-19(17)28-3/h4-14H,1-3H3,(H,25,26)(H,22,23,24). The van der Waals surface area contributed by atoms with Gasteiger partial charge in [0.25, 0.3) is 5.91 Å². The Balaban J connectivity index is 1.74. The molecule has 1 amide bonds. The Bertz CT molecular complexity index is 947. The van der Waals surface area contributed by atoms with Crippen LogP contribution in [-0.4, -0.2) is 30.1 Å². The van der Waals surface area contributed by atoms with Crippen molar-refractivity contribution in [1.82, 2.24) is 9.97 Å². The first kappa shape index (κ1) is 19.2. The van der Waals surface area contributed by atoms with Crippen molar-refractivity contribution in [2.45, 2.75) is 13.0 Å². The van der Waals surface area contributed by atoms with E-state index < -0.39 is 0 Å². The number of carbonyl (C=O) groups excluding carboxylic acids is 1. The summed E-state index contributed by atoms with van der Waals surface area (Å²) in [6.07, 6.45) is 1.36. The maximum atomic E-state index is 12.6. The predicted molar refractivity (Wildman–Crippen MR) is 108 cm³/mol. The Hall–Kier alpha value is -3.61. The zero-order chi connectivity index (χ0) is 19.9. The number of benzene rings is 2. The zero-order valence-corrected chi connectivity index (χ0v) is 16.0. The van der Waals surface area contributed by atoms with Crippen molar-refractivity contribution < 1.29 is 14.3 Å². The van der Waals surface area contributed by atoms with Crippen LogP contribution in [0.1, 0.15) is 29.0 Å². The fourth-order valence-electron chi connectivity index (χ4n) is 2.70. The number of anilines is 2. The molecule has 7 heteroatoms. The molecule has 0 bridgehead atoms. The molecule has 0 spiro atoms. The van der Waals surface area contributed by atoms with Gasteiger partial charge in [0.05, 0.1) is 19.9 Å². The van der Waals surface area contributed by atoms with Gasteiger partial charge in [-0.25, -0.2) is 9.97 Å². The fraction of sp³-hybridized carbons (Fsp3) is 0.190. The predicted octanol–water partition coefficient (Wildman–Crippen LogP) is 3.92. The smallest absolute Gasteiger partial charge is 0.274 e. The highest BCUT2D eigenvalue weighted by Crippen LogP contribution is 2.29.